The van der Waals surface area contributed by atoms with Crippen molar-refractivity contribution in [3.8, 4) is 0 Å². The van der Waals surface area contributed by atoms with E-state index in [0.29, 0.717) is 18.2 Å². The minimum absolute atomic E-state index is 0.0660. The van der Waals surface area contributed by atoms with Gasteiger partial charge in [0.05, 0.1) is 10.2 Å². The van der Waals surface area contributed by atoms with Crippen molar-refractivity contribution in [2.75, 3.05) is 18.4 Å². The number of halogens is 1. The van der Waals surface area contributed by atoms with Gasteiger partial charge in [0.1, 0.15) is 10.7 Å². The Hall–Kier alpha value is -2.36. The number of aromatic nitrogens is 1. The highest BCUT2D eigenvalue weighted by molar-refractivity contribution is 7.89. The summed E-state index contributed by atoms with van der Waals surface area (Å²) in [5.41, 5.74) is 0.825. The normalized spacial score (nSPS) is 15.6. The van der Waals surface area contributed by atoms with Gasteiger partial charge in [0.15, 0.2) is 5.13 Å². The standard InChI is InChI=1S/C19H18FN3O3S2/c20-14-9-8-13(12-17(14)28(25,26)23-10-4-1-5-11-23)18(24)22-19-21-15-6-2-3-7-16(15)27-19/h2-3,6-9,12H,1,4-5,10-11H2,(H,21,22,24). The number of amides is 1. The Morgan fingerprint density at radius 3 is 2.61 bits per heavy atom. The molecule has 6 nitrogen and oxygen atoms in total. The first-order chi connectivity index (χ1) is 13.4. The van der Waals surface area contributed by atoms with Crippen LogP contribution in [0.2, 0.25) is 0 Å². The Balaban J connectivity index is 1.61. The van der Waals surface area contributed by atoms with Crippen molar-refractivity contribution in [2.45, 2.75) is 24.2 Å². The summed E-state index contributed by atoms with van der Waals surface area (Å²) in [6.45, 7) is 0.730. The van der Waals surface area contributed by atoms with E-state index < -0.39 is 26.6 Å². The first-order valence-corrected chi connectivity index (χ1v) is 11.2. The highest BCUT2D eigenvalue weighted by atomic mass is 32.2. The predicted octanol–water partition coefficient (Wildman–Crippen LogP) is 3.86. The van der Waals surface area contributed by atoms with Crippen molar-refractivity contribution in [1.29, 1.82) is 0 Å². The zero-order valence-electron chi connectivity index (χ0n) is 14.9. The van der Waals surface area contributed by atoms with Crippen molar-refractivity contribution < 1.29 is 17.6 Å². The first-order valence-electron chi connectivity index (χ1n) is 8.92. The van der Waals surface area contributed by atoms with E-state index >= 15 is 0 Å². The van der Waals surface area contributed by atoms with Crippen molar-refractivity contribution in [3.63, 3.8) is 0 Å². The van der Waals surface area contributed by atoms with Crippen molar-refractivity contribution in [1.82, 2.24) is 9.29 Å². The molecular weight excluding hydrogens is 401 g/mol. The summed E-state index contributed by atoms with van der Waals surface area (Å²) in [5.74, 6) is -1.39. The van der Waals surface area contributed by atoms with E-state index in [1.807, 2.05) is 24.3 Å². The van der Waals surface area contributed by atoms with Gasteiger partial charge in [-0.05, 0) is 43.2 Å². The summed E-state index contributed by atoms with van der Waals surface area (Å²) in [4.78, 5) is 16.4. The number of nitrogens with zero attached hydrogens (tertiary/aromatic N) is 2. The Morgan fingerprint density at radius 2 is 1.86 bits per heavy atom. The average Bonchev–Trinajstić information content (AvgIpc) is 3.11. The van der Waals surface area contributed by atoms with E-state index in [1.165, 1.54) is 21.7 Å². The van der Waals surface area contributed by atoms with Crippen LogP contribution >= 0.6 is 11.3 Å². The minimum Gasteiger partial charge on any atom is -0.298 e. The number of thiazole rings is 1. The van der Waals surface area contributed by atoms with Gasteiger partial charge >= 0.3 is 0 Å². The molecule has 1 N–H and O–H groups in total. The fraction of sp³-hybridized carbons (Fsp3) is 0.263. The molecule has 28 heavy (non-hydrogen) atoms. The maximum absolute atomic E-state index is 14.3. The van der Waals surface area contributed by atoms with E-state index in [2.05, 4.69) is 10.3 Å². The van der Waals surface area contributed by atoms with Gasteiger partial charge in [-0.2, -0.15) is 4.31 Å². The van der Waals surface area contributed by atoms with E-state index in [4.69, 9.17) is 0 Å². The Kier molecular flexibility index (Phi) is 5.13. The van der Waals surface area contributed by atoms with Gasteiger partial charge in [0, 0.05) is 18.7 Å². The van der Waals surface area contributed by atoms with Crippen LogP contribution in [0.4, 0.5) is 9.52 Å². The van der Waals surface area contributed by atoms with E-state index in [1.54, 1.807) is 0 Å². The lowest BCUT2D eigenvalue weighted by Crippen LogP contribution is -2.36. The zero-order chi connectivity index (χ0) is 19.7. The smallest absolute Gasteiger partial charge is 0.257 e. The molecule has 3 aromatic rings. The Bertz CT molecular complexity index is 1110. The number of hydrogen-bond acceptors (Lipinski definition) is 5. The Morgan fingerprint density at radius 1 is 1.11 bits per heavy atom. The van der Waals surface area contributed by atoms with Crippen LogP contribution in [0.5, 0.6) is 0 Å². The van der Waals surface area contributed by atoms with Gasteiger partial charge in [-0.25, -0.2) is 17.8 Å². The van der Waals surface area contributed by atoms with E-state index in [0.717, 1.165) is 41.6 Å². The lowest BCUT2D eigenvalue weighted by atomic mass is 10.2. The molecule has 2 heterocycles. The summed E-state index contributed by atoms with van der Waals surface area (Å²) in [5, 5.41) is 3.06. The van der Waals surface area contributed by atoms with Crippen molar-refractivity contribution in [2.24, 2.45) is 0 Å². The molecule has 1 aliphatic heterocycles. The van der Waals surface area contributed by atoms with Crippen LogP contribution in [0, 0.1) is 5.82 Å². The highest BCUT2D eigenvalue weighted by Crippen LogP contribution is 2.27. The number of rotatable bonds is 4. The number of hydrogen-bond donors (Lipinski definition) is 1. The fourth-order valence-corrected chi connectivity index (χ4v) is 5.65. The molecule has 146 valence electrons. The molecule has 0 aliphatic carbocycles. The summed E-state index contributed by atoms with van der Waals surface area (Å²) in [6.07, 6.45) is 2.45. The molecule has 9 heteroatoms. The second-order valence-corrected chi connectivity index (χ2v) is 9.49. The molecule has 0 bridgehead atoms. The van der Waals surface area contributed by atoms with Gasteiger partial charge in [-0.3, -0.25) is 10.1 Å². The molecule has 0 unspecified atom stereocenters. The first kappa shape index (κ1) is 19.0. The largest absolute Gasteiger partial charge is 0.298 e. The summed E-state index contributed by atoms with van der Waals surface area (Å²) in [7, 11) is -3.98. The SMILES string of the molecule is O=C(Nc1nc2ccccc2s1)c1ccc(F)c(S(=O)(=O)N2CCCCC2)c1. The van der Waals surface area contributed by atoms with Crippen LogP contribution < -0.4 is 5.32 Å². The van der Waals surface area contributed by atoms with Crippen molar-refractivity contribution >= 4 is 42.6 Å². The molecule has 0 saturated carbocycles. The van der Waals surface area contributed by atoms with Crippen LogP contribution in [0.15, 0.2) is 47.4 Å². The monoisotopic (exact) mass is 419 g/mol. The zero-order valence-corrected chi connectivity index (χ0v) is 16.5. The third-order valence-corrected chi connectivity index (χ3v) is 7.51. The number of piperidine rings is 1. The number of carbonyl (C=O) groups is 1. The fourth-order valence-electron chi connectivity index (χ4n) is 3.18. The molecule has 1 fully saturated rings. The lowest BCUT2D eigenvalue weighted by Gasteiger charge is -2.26. The highest BCUT2D eigenvalue weighted by Gasteiger charge is 2.29. The number of para-hydroxylation sites is 1. The topological polar surface area (TPSA) is 79.4 Å². The van der Waals surface area contributed by atoms with Crippen LogP contribution in [0.25, 0.3) is 10.2 Å². The second-order valence-electron chi connectivity index (χ2n) is 6.55. The third-order valence-electron chi connectivity index (χ3n) is 4.64. The number of carbonyl (C=O) groups excluding carboxylic acids is 1. The lowest BCUT2D eigenvalue weighted by molar-refractivity contribution is 0.102. The molecule has 2 aromatic carbocycles. The number of benzene rings is 2. The average molecular weight is 420 g/mol. The van der Waals surface area contributed by atoms with Gasteiger partial charge in [0.25, 0.3) is 5.91 Å². The number of nitrogens with one attached hydrogen (secondary N) is 1. The van der Waals surface area contributed by atoms with E-state index in [9.17, 15) is 17.6 Å². The molecular formula is C19H18FN3O3S2. The molecule has 4 rings (SSSR count). The van der Waals surface area contributed by atoms with Crippen LogP contribution in [0.3, 0.4) is 0 Å². The Labute approximate surface area is 166 Å². The number of sulfonamides is 1. The summed E-state index contributed by atoms with van der Waals surface area (Å²) in [6, 6.07) is 10.8. The molecule has 1 saturated heterocycles. The predicted molar refractivity (Wildman–Crippen MR) is 107 cm³/mol. The molecule has 1 amide bonds. The minimum atomic E-state index is -3.98. The van der Waals surface area contributed by atoms with Gasteiger partial charge < -0.3 is 0 Å². The van der Waals surface area contributed by atoms with Crippen molar-refractivity contribution in [3.05, 3.63) is 53.8 Å². The van der Waals surface area contributed by atoms with Crippen LogP contribution in [-0.2, 0) is 10.0 Å². The van der Waals surface area contributed by atoms with E-state index in [-0.39, 0.29) is 5.56 Å². The van der Waals surface area contributed by atoms with Gasteiger partial charge in [0.2, 0.25) is 10.0 Å². The second kappa shape index (κ2) is 7.57. The maximum Gasteiger partial charge on any atom is 0.257 e. The number of anilines is 1. The molecule has 1 aliphatic rings. The molecule has 0 atom stereocenters. The molecule has 0 radical (unpaired) electrons. The summed E-state index contributed by atoms with van der Waals surface area (Å²) >= 11 is 1.31. The van der Waals surface area contributed by atoms with Gasteiger partial charge in [-0.1, -0.05) is 29.9 Å². The molecule has 0 spiro atoms. The van der Waals surface area contributed by atoms with Gasteiger partial charge in [-0.15, -0.1) is 0 Å². The third kappa shape index (κ3) is 3.65. The van der Waals surface area contributed by atoms with Crippen LogP contribution in [-0.4, -0.2) is 36.7 Å². The number of fused-ring (bicyclic) bond motifs is 1. The molecule has 1 aromatic heterocycles. The van der Waals surface area contributed by atoms with Crippen LogP contribution in [0.1, 0.15) is 29.6 Å². The summed E-state index contributed by atoms with van der Waals surface area (Å²) < 4.78 is 42.1. The quantitative estimate of drug-likeness (QED) is 0.696. The maximum atomic E-state index is 14.3.